The average molecular weight is 356 g/mol. The third-order valence-corrected chi connectivity index (χ3v) is 3.70. The molecular weight excluding hydrogens is 341 g/mol. The molecule has 7 heteroatoms. The van der Waals surface area contributed by atoms with Gasteiger partial charge in [0.1, 0.15) is 5.84 Å². The van der Waals surface area contributed by atoms with Crippen LogP contribution in [-0.2, 0) is 6.18 Å². The number of halogens is 3. The van der Waals surface area contributed by atoms with Crippen molar-refractivity contribution in [3.05, 3.63) is 72.4 Å². The highest BCUT2D eigenvalue weighted by atomic mass is 19.4. The zero-order valence-corrected chi connectivity index (χ0v) is 13.5. The van der Waals surface area contributed by atoms with Crippen molar-refractivity contribution in [1.82, 2.24) is 4.98 Å². The molecule has 0 aliphatic rings. The first-order chi connectivity index (χ1) is 12.4. The first-order valence-corrected chi connectivity index (χ1v) is 7.68. The molecule has 0 bridgehead atoms. The minimum atomic E-state index is -4.43. The third kappa shape index (κ3) is 3.66. The summed E-state index contributed by atoms with van der Waals surface area (Å²) in [7, 11) is 0. The second kappa shape index (κ2) is 6.87. The lowest BCUT2D eigenvalue weighted by Gasteiger charge is -2.11. The molecule has 2 aromatic carbocycles. The molecule has 1 heterocycles. The van der Waals surface area contributed by atoms with E-state index in [-0.39, 0.29) is 11.7 Å². The number of pyridine rings is 1. The van der Waals surface area contributed by atoms with Gasteiger partial charge in [0.2, 0.25) is 0 Å². The van der Waals surface area contributed by atoms with Crippen molar-refractivity contribution in [3.8, 4) is 11.3 Å². The summed E-state index contributed by atoms with van der Waals surface area (Å²) in [6, 6.07) is 14.0. The molecule has 0 atom stereocenters. The van der Waals surface area contributed by atoms with Crippen molar-refractivity contribution < 1.29 is 13.2 Å². The molecule has 0 fully saturated rings. The van der Waals surface area contributed by atoms with Gasteiger partial charge in [-0.3, -0.25) is 0 Å². The summed E-state index contributed by atoms with van der Waals surface area (Å²) < 4.78 is 39.2. The zero-order chi connectivity index (χ0) is 18.7. The summed E-state index contributed by atoms with van der Waals surface area (Å²) in [6.45, 7) is 0. The summed E-state index contributed by atoms with van der Waals surface area (Å²) >= 11 is 0. The Morgan fingerprint density at radius 2 is 1.81 bits per heavy atom. The van der Waals surface area contributed by atoms with Crippen molar-refractivity contribution in [2.24, 2.45) is 16.5 Å². The molecule has 4 N–H and O–H groups in total. The molecule has 0 unspecified atom stereocenters. The van der Waals surface area contributed by atoms with Gasteiger partial charge in [0, 0.05) is 10.9 Å². The number of alkyl halides is 3. The first-order valence-electron chi connectivity index (χ1n) is 7.68. The molecular formula is C19H15F3N4. The fourth-order valence-corrected chi connectivity index (χ4v) is 2.57. The lowest BCUT2D eigenvalue weighted by Crippen LogP contribution is -2.08. The SMILES string of the molecule is N/C=C\C(N)=N/c1cc2ccccc2c(-c2cccc(C(F)(F)F)c2)n1. The predicted molar refractivity (Wildman–Crippen MR) is 96.8 cm³/mol. The molecule has 1 aromatic heterocycles. The molecule has 3 rings (SSSR count). The number of hydrogen-bond acceptors (Lipinski definition) is 3. The maximum absolute atomic E-state index is 13.1. The highest BCUT2D eigenvalue weighted by Crippen LogP contribution is 2.35. The number of fused-ring (bicyclic) bond motifs is 1. The summed E-state index contributed by atoms with van der Waals surface area (Å²) in [5, 5.41) is 1.51. The van der Waals surface area contributed by atoms with E-state index in [2.05, 4.69) is 9.98 Å². The van der Waals surface area contributed by atoms with Crippen LogP contribution in [0.25, 0.3) is 22.0 Å². The number of aromatic nitrogens is 1. The van der Waals surface area contributed by atoms with Crippen LogP contribution in [0.2, 0.25) is 0 Å². The number of hydrogen-bond donors (Lipinski definition) is 2. The highest BCUT2D eigenvalue weighted by molar-refractivity contribution is 5.98. The van der Waals surface area contributed by atoms with E-state index in [1.54, 1.807) is 24.3 Å². The molecule has 0 saturated carbocycles. The van der Waals surface area contributed by atoms with E-state index >= 15 is 0 Å². The minimum absolute atomic E-state index is 0.144. The van der Waals surface area contributed by atoms with E-state index in [1.165, 1.54) is 18.3 Å². The Morgan fingerprint density at radius 3 is 2.54 bits per heavy atom. The van der Waals surface area contributed by atoms with Crippen LogP contribution in [-0.4, -0.2) is 10.8 Å². The molecule has 0 aliphatic carbocycles. The van der Waals surface area contributed by atoms with E-state index in [9.17, 15) is 13.2 Å². The van der Waals surface area contributed by atoms with Gasteiger partial charge >= 0.3 is 6.18 Å². The lowest BCUT2D eigenvalue weighted by molar-refractivity contribution is -0.137. The van der Waals surface area contributed by atoms with Gasteiger partial charge in [-0.25, -0.2) is 9.98 Å². The van der Waals surface area contributed by atoms with Crippen molar-refractivity contribution in [3.63, 3.8) is 0 Å². The van der Waals surface area contributed by atoms with Gasteiger partial charge in [-0.1, -0.05) is 36.4 Å². The summed E-state index contributed by atoms with van der Waals surface area (Å²) in [5.41, 5.74) is 11.0. The molecule has 132 valence electrons. The molecule has 0 radical (unpaired) electrons. The Bertz CT molecular complexity index is 1010. The standard InChI is InChI=1S/C19H15F3N4/c20-19(21,22)14-6-3-5-13(10-14)18-15-7-2-1-4-12(15)11-17(26-18)25-16(24)8-9-23/h1-11H,23H2,(H2,24,25,26)/b9-8-. The van der Waals surface area contributed by atoms with Gasteiger partial charge in [-0.2, -0.15) is 13.2 Å². The van der Waals surface area contributed by atoms with Crippen molar-refractivity contribution in [1.29, 1.82) is 0 Å². The molecule has 4 nitrogen and oxygen atoms in total. The van der Waals surface area contributed by atoms with Crippen molar-refractivity contribution in [2.75, 3.05) is 0 Å². The van der Waals surface area contributed by atoms with E-state index < -0.39 is 11.7 Å². The summed E-state index contributed by atoms with van der Waals surface area (Å²) in [6.07, 6.45) is -1.79. The van der Waals surface area contributed by atoms with Crippen LogP contribution < -0.4 is 11.5 Å². The molecule has 0 amide bonds. The maximum Gasteiger partial charge on any atom is 0.416 e. The minimum Gasteiger partial charge on any atom is -0.404 e. The van der Waals surface area contributed by atoms with Crippen molar-refractivity contribution >= 4 is 22.4 Å². The average Bonchev–Trinajstić information content (AvgIpc) is 2.60. The fraction of sp³-hybridized carbons (Fsp3) is 0.0526. The monoisotopic (exact) mass is 356 g/mol. The number of aliphatic imine (C=N–C) groups is 1. The van der Waals surface area contributed by atoms with Gasteiger partial charge < -0.3 is 11.5 Å². The predicted octanol–water partition coefficient (Wildman–Crippen LogP) is 4.38. The Balaban J connectivity index is 2.23. The summed E-state index contributed by atoms with van der Waals surface area (Å²) in [5.74, 6) is 0.428. The molecule has 0 spiro atoms. The Labute approximate surface area is 147 Å². The smallest absolute Gasteiger partial charge is 0.404 e. The summed E-state index contributed by atoms with van der Waals surface area (Å²) in [4.78, 5) is 8.56. The Kier molecular flexibility index (Phi) is 4.62. The van der Waals surface area contributed by atoms with Gasteiger partial charge in [0.15, 0.2) is 5.82 Å². The molecule has 26 heavy (non-hydrogen) atoms. The van der Waals surface area contributed by atoms with Crippen LogP contribution in [0.3, 0.4) is 0 Å². The second-order valence-electron chi connectivity index (χ2n) is 5.52. The van der Waals surface area contributed by atoms with Crippen LogP contribution in [0.1, 0.15) is 5.56 Å². The van der Waals surface area contributed by atoms with Crippen LogP contribution in [0.5, 0.6) is 0 Å². The Hall–Kier alpha value is -3.35. The molecule has 3 aromatic rings. The normalized spacial score (nSPS) is 12.8. The Morgan fingerprint density at radius 1 is 1.04 bits per heavy atom. The molecule has 0 aliphatic heterocycles. The lowest BCUT2D eigenvalue weighted by atomic mass is 10.0. The third-order valence-electron chi connectivity index (χ3n) is 3.70. The number of nitrogens with two attached hydrogens (primary N) is 2. The largest absolute Gasteiger partial charge is 0.416 e. The number of nitrogens with zero attached hydrogens (tertiary/aromatic N) is 2. The van der Waals surface area contributed by atoms with Gasteiger partial charge in [0.25, 0.3) is 0 Å². The van der Waals surface area contributed by atoms with Gasteiger partial charge in [0.05, 0.1) is 11.3 Å². The van der Waals surface area contributed by atoms with Gasteiger partial charge in [-0.05, 0) is 35.9 Å². The maximum atomic E-state index is 13.1. The van der Waals surface area contributed by atoms with Crippen LogP contribution in [0.15, 0.2) is 71.9 Å². The van der Waals surface area contributed by atoms with Crippen LogP contribution in [0.4, 0.5) is 19.0 Å². The number of amidine groups is 1. The van der Waals surface area contributed by atoms with Crippen LogP contribution >= 0.6 is 0 Å². The van der Waals surface area contributed by atoms with Crippen molar-refractivity contribution in [2.45, 2.75) is 6.18 Å². The highest BCUT2D eigenvalue weighted by Gasteiger charge is 2.30. The van der Waals surface area contributed by atoms with E-state index in [0.29, 0.717) is 11.3 Å². The van der Waals surface area contributed by atoms with E-state index in [1.807, 2.05) is 12.1 Å². The number of benzene rings is 2. The van der Waals surface area contributed by atoms with Gasteiger partial charge in [-0.15, -0.1) is 0 Å². The van der Waals surface area contributed by atoms with E-state index in [0.717, 1.165) is 22.9 Å². The van der Waals surface area contributed by atoms with E-state index in [4.69, 9.17) is 11.5 Å². The first kappa shape index (κ1) is 17.5. The quantitative estimate of drug-likeness (QED) is 0.540. The fourth-order valence-electron chi connectivity index (χ4n) is 2.57. The second-order valence-corrected chi connectivity index (χ2v) is 5.52. The molecule has 0 saturated heterocycles. The van der Waals surface area contributed by atoms with Crippen LogP contribution in [0, 0.1) is 0 Å². The zero-order valence-electron chi connectivity index (χ0n) is 13.5. The number of rotatable bonds is 3. The topological polar surface area (TPSA) is 77.3 Å².